The van der Waals surface area contributed by atoms with Gasteiger partial charge in [-0.25, -0.2) is 0 Å². The minimum absolute atomic E-state index is 1.34. The first-order chi connectivity index (χ1) is 9.75. The van der Waals surface area contributed by atoms with Crippen LogP contribution >= 0.6 is 0 Å². The van der Waals surface area contributed by atoms with Crippen molar-refractivity contribution in [3.8, 4) is 0 Å². The zero-order valence-electron chi connectivity index (χ0n) is 14.6. The monoisotopic (exact) mass is 390 g/mol. The molecule has 0 atom stereocenters. The van der Waals surface area contributed by atoms with E-state index in [1.807, 2.05) is 0 Å². The molecule has 0 amide bonds. The first kappa shape index (κ1) is 18.8. The first-order valence-electron chi connectivity index (χ1n) is 9.25. The summed E-state index contributed by atoms with van der Waals surface area (Å²) in [5, 5.41) is 0. The molecule has 0 spiro atoms. The third-order valence-electron chi connectivity index (χ3n) is 4.88. The molecule has 1 rings (SSSR count). The van der Waals surface area contributed by atoms with Gasteiger partial charge >= 0.3 is 133 Å². The molecule has 0 radical (unpaired) electrons. The molecule has 0 N–H and O–H groups in total. The molecule has 1 heterocycles. The quantitative estimate of drug-likeness (QED) is 0.493. The summed E-state index contributed by atoms with van der Waals surface area (Å²) in [5.74, 6) is 0. The second-order valence-corrected chi connectivity index (χ2v) is 18.6. The van der Waals surface area contributed by atoms with Gasteiger partial charge in [0.25, 0.3) is 0 Å². The summed E-state index contributed by atoms with van der Waals surface area (Å²) >= 11 is -2.25. The van der Waals surface area contributed by atoms with Crippen molar-refractivity contribution in [3.63, 3.8) is 0 Å². The average Bonchev–Trinajstić information content (AvgIpc) is 2.46. The third-order valence-corrected chi connectivity index (χ3v) is 20.7. The van der Waals surface area contributed by atoms with Crippen LogP contribution in [-0.2, 0) is 0 Å². The van der Waals surface area contributed by atoms with E-state index in [2.05, 4.69) is 33.9 Å². The molecule has 0 aliphatic carbocycles. The SMILES string of the molecule is CCC[CH2][Sn]1([CH2]CCC)[N](CCC)CCC[N]1CCC. The second-order valence-electron chi connectivity index (χ2n) is 6.52. The van der Waals surface area contributed by atoms with Gasteiger partial charge in [0.2, 0.25) is 0 Å². The van der Waals surface area contributed by atoms with E-state index in [9.17, 15) is 0 Å². The summed E-state index contributed by atoms with van der Waals surface area (Å²) in [6.45, 7) is 15.1. The summed E-state index contributed by atoms with van der Waals surface area (Å²) in [4.78, 5) is 0. The molecule has 0 saturated carbocycles. The summed E-state index contributed by atoms with van der Waals surface area (Å²) < 4.78 is 9.29. The Labute approximate surface area is 132 Å². The molecule has 120 valence electrons. The number of rotatable bonds is 10. The number of nitrogens with zero attached hydrogens (tertiary/aromatic N) is 2. The predicted molar refractivity (Wildman–Crippen MR) is 93.5 cm³/mol. The zero-order valence-corrected chi connectivity index (χ0v) is 17.4. The molecule has 0 unspecified atom stereocenters. The Morgan fingerprint density at radius 3 is 1.50 bits per heavy atom. The maximum atomic E-state index is 3.05. The molecule has 0 bridgehead atoms. The third kappa shape index (κ3) is 4.88. The molecule has 0 aromatic heterocycles. The fourth-order valence-corrected chi connectivity index (χ4v) is 21.6. The average molecular weight is 389 g/mol. The predicted octanol–water partition coefficient (Wildman–Crippen LogP) is 4.86. The van der Waals surface area contributed by atoms with Crippen LogP contribution in [0.2, 0.25) is 8.87 Å². The van der Waals surface area contributed by atoms with Gasteiger partial charge in [0.15, 0.2) is 0 Å². The van der Waals surface area contributed by atoms with Crippen molar-refractivity contribution in [2.75, 3.05) is 26.2 Å². The van der Waals surface area contributed by atoms with Crippen LogP contribution in [0.25, 0.3) is 0 Å². The molecule has 2 nitrogen and oxygen atoms in total. The van der Waals surface area contributed by atoms with Gasteiger partial charge in [-0.2, -0.15) is 0 Å². The molecule has 1 fully saturated rings. The van der Waals surface area contributed by atoms with Crippen LogP contribution in [0.15, 0.2) is 0 Å². The van der Waals surface area contributed by atoms with Gasteiger partial charge in [-0.15, -0.1) is 0 Å². The maximum absolute atomic E-state index is 3.05. The van der Waals surface area contributed by atoms with Gasteiger partial charge in [0.05, 0.1) is 0 Å². The molecule has 3 heteroatoms. The van der Waals surface area contributed by atoms with Crippen molar-refractivity contribution < 1.29 is 0 Å². The molecular weight excluding hydrogens is 351 g/mol. The van der Waals surface area contributed by atoms with E-state index in [1.165, 1.54) is 71.1 Å². The Morgan fingerprint density at radius 2 is 1.15 bits per heavy atom. The van der Waals surface area contributed by atoms with Crippen LogP contribution < -0.4 is 0 Å². The van der Waals surface area contributed by atoms with Gasteiger partial charge in [0.1, 0.15) is 0 Å². The molecule has 0 aromatic rings. The van der Waals surface area contributed by atoms with E-state index in [0.717, 1.165) is 0 Å². The summed E-state index contributed by atoms with van der Waals surface area (Å²) in [6, 6.07) is 0. The number of hydrogen-bond acceptors (Lipinski definition) is 2. The molecule has 1 aliphatic heterocycles. The van der Waals surface area contributed by atoms with Gasteiger partial charge in [-0.05, 0) is 0 Å². The van der Waals surface area contributed by atoms with Crippen LogP contribution in [0, 0.1) is 0 Å². The number of hydrogen-bond donors (Lipinski definition) is 0. The number of unbranched alkanes of at least 4 members (excludes halogenated alkanes) is 2. The summed E-state index contributed by atoms with van der Waals surface area (Å²) in [5.41, 5.74) is 0. The first-order valence-corrected chi connectivity index (χ1v) is 15.8. The van der Waals surface area contributed by atoms with E-state index in [-0.39, 0.29) is 0 Å². The van der Waals surface area contributed by atoms with Crippen LogP contribution in [-0.4, -0.2) is 51.3 Å². The Hall–Kier alpha value is 0.719. The minimum atomic E-state index is -2.25. The van der Waals surface area contributed by atoms with Crippen molar-refractivity contribution in [2.45, 2.75) is 81.5 Å². The topological polar surface area (TPSA) is 6.48 Å². The fraction of sp³-hybridized carbons (Fsp3) is 1.00. The molecular formula is C17H38N2Sn. The Bertz CT molecular complexity index is 217. The standard InChI is InChI=1S/C9H20N2.2C4H9.Sn/c1-3-6-10-8-5-9-11-7-4-2;2*1-3-4-2;/h3-9H2,1-2H3;2*1,3-4H2,2H3;/q-2;;;+2. The van der Waals surface area contributed by atoms with E-state index in [1.54, 1.807) is 8.87 Å². The van der Waals surface area contributed by atoms with Gasteiger partial charge < -0.3 is 0 Å². The molecule has 1 saturated heterocycles. The van der Waals surface area contributed by atoms with Crippen molar-refractivity contribution in [2.24, 2.45) is 0 Å². The van der Waals surface area contributed by atoms with E-state index in [4.69, 9.17) is 0 Å². The van der Waals surface area contributed by atoms with E-state index < -0.39 is 18.9 Å². The molecule has 1 aliphatic rings. The van der Waals surface area contributed by atoms with Gasteiger partial charge in [-0.3, -0.25) is 0 Å². The Morgan fingerprint density at radius 1 is 0.700 bits per heavy atom. The Kier molecular flexibility index (Phi) is 9.80. The van der Waals surface area contributed by atoms with Crippen molar-refractivity contribution in [1.29, 1.82) is 0 Å². The molecule has 0 aromatic carbocycles. The zero-order chi connectivity index (χ0) is 14.8. The van der Waals surface area contributed by atoms with Gasteiger partial charge in [0, 0.05) is 0 Å². The Balaban J connectivity index is 2.93. The second kappa shape index (κ2) is 10.4. The fourth-order valence-electron chi connectivity index (χ4n) is 3.93. The van der Waals surface area contributed by atoms with Crippen LogP contribution in [0.3, 0.4) is 0 Å². The summed E-state index contributed by atoms with van der Waals surface area (Å²) in [6.07, 6.45) is 9.81. The summed E-state index contributed by atoms with van der Waals surface area (Å²) in [7, 11) is 0. The van der Waals surface area contributed by atoms with E-state index in [0.29, 0.717) is 0 Å². The van der Waals surface area contributed by atoms with Crippen molar-refractivity contribution in [1.82, 2.24) is 6.24 Å². The van der Waals surface area contributed by atoms with Crippen molar-refractivity contribution >= 4 is 18.9 Å². The molecule has 20 heavy (non-hydrogen) atoms. The normalized spacial score (nSPS) is 20.4. The van der Waals surface area contributed by atoms with Crippen molar-refractivity contribution in [3.05, 3.63) is 0 Å². The van der Waals surface area contributed by atoms with Gasteiger partial charge in [-0.1, -0.05) is 0 Å². The van der Waals surface area contributed by atoms with Crippen LogP contribution in [0.1, 0.15) is 72.6 Å². The van der Waals surface area contributed by atoms with E-state index >= 15 is 0 Å². The van der Waals surface area contributed by atoms with Crippen LogP contribution in [0.4, 0.5) is 0 Å². The van der Waals surface area contributed by atoms with Crippen LogP contribution in [0.5, 0.6) is 0 Å².